The molecule has 0 aliphatic carbocycles. The molecule has 6 aromatic heterocycles. The van der Waals surface area contributed by atoms with Gasteiger partial charge < -0.3 is 22.4 Å². The Morgan fingerprint density at radius 2 is 1.10 bits per heavy atom. The Morgan fingerprint density at radius 3 is 1.30 bits per heavy atom. The second-order valence-electron chi connectivity index (χ2n) is 33.3. The number of oxazole rings is 2. The van der Waals surface area contributed by atoms with Gasteiger partial charge in [0, 0.05) is 106 Å². The first-order valence-corrected chi connectivity index (χ1v) is 33.1. The summed E-state index contributed by atoms with van der Waals surface area (Å²) < 4.78 is 26.7. The van der Waals surface area contributed by atoms with E-state index < -0.39 is 0 Å². The van der Waals surface area contributed by atoms with Crippen molar-refractivity contribution in [2.45, 2.75) is 288 Å². The fourth-order valence-electron chi connectivity index (χ4n) is 8.73. The second kappa shape index (κ2) is 33.7. The summed E-state index contributed by atoms with van der Waals surface area (Å²) in [5.74, 6) is 4.46. The molecule has 3 aliphatic rings. The van der Waals surface area contributed by atoms with Gasteiger partial charge in [-0.1, -0.05) is 209 Å². The Kier molecular flexibility index (Phi) is 30.7. The number of hydrogen-bond donors (Lipinski definition) is 0. The zero-order valence-corrected chi connectivity index (χ0v) is 65.1. The van der Waals surface area contributed by atoms with Gasteiger partial charge in [-0.3, -0.25) is 15.0 Å². The first-order chi connectivity index (χ1) is 41.0. The second-order valence-corrected chi connectivity index (χ2v) is 33.9. The highest BCUT2D eigenvalue weighted by atomic mass is 32.1. The van der Waals surface area contributed by atoms with E-state index >= 15 is 0 Å². The molecule has 0 saturated heterocycles. The standard InChI is InChI=1S/C9H16N2.3C9H15N.4C8H13NO.C8H13NS/c1-7-10-6-8(11(7)5)9(2,3)4;1-7-5-8(6-10-7)9(2,3)4;1-7-8(5-6-10-7)9(2,3)4;1-7-5-6-8(10-7)9(2,3)4;1-6-9-7(5-10-6)8(2,3)4;1-6-9-5-7(10-6)8(2,3)4;1-6-7(5-10-9-6)8(2,3)4;1-6-5-7(10-9-6)8(2,3)4;1-6-7(5-10-9-6)8(2,3)4/h6H,1-5H3;2*5H,6H2,1-4H3;6H,5H2,1-4H3;5*5H,1-4H3. The molecule has 0 aromatic carbocycles. The Balaban J connectivity index is 0.000000512. The first kappa shape index (κ1) is 82.9. The van der Waals surface area contributed by atoms with Crippen molar-refractivity contribution in [1.29, 1.82) is 0 Å². The van der Waals surface area contributed by atoms with Crippen molar-refractivity contribution in [3.63, 3.8) is 0 Å². The normalized spacial score (nSPS) is 14.3. The van der Waals surface area contributed by atoms with Crippen molar-refractivity contribution in [2.24, 2.45) is 38.3 Å². The maximum absolute atomic E-state index is 5.34. The number of rotatable bonds is 0. The first-order valence-electron chi connectivity index (χ1n) is 32.3. The summed E-state index contributed by atoms with van der Waals surface area (Å²) in [5, 5.41) is 9.75. The maximum atomic E-state index is 5.34. The van der Waals surface area contributed by atoms with Crippen LogP contribution >= 0.6 is 11.5 Å². The molecule has 0 spiro atoms. The monoisotopic (exact) mass is 1270 g/mol. The maximum Gasteiger partial charge on any atom is 0.191 e. The van der Waals surface area contributed by atoms with Crippen LogP contribution in [0.3, 0.4) is 0 Å². The largest absolute Gasteiger partial charge is 0.449 e. The minimum atomic E-state index is 0.0846. The number of hydrogen-bond acceptors (Lipinski definition) is 14. The van der Waals surface area contributed by atoms with Crippen molar-refractivity contribution in [1.82, 2.24) is 34.2 Å². The van der Waals surface area contributed by atoms with E-state index in [0.717, 1.165) is 65.7 Å². The van der Waals surface area contributed by atoms with Crippen molar-refractivity contribution >= 4 is 28.7 Å². The van der Waals surface area contributed by atoms with Crippen LogP contribution in [0.15, 0.2) is 104 Å². The third-order valence-electron chi connectivity index (χ3n) is 14.6. The van der Waals surface area contributed by atoms with Crippen LogP contribution < -0.4 is 0 Å². The van der Waals surface area contributed by atoms with E-state index in [9.17, 15) is 0 Å². The molecule has 3 aliphatic heterocycles. The molecule has 0 saturated carbocycles. The lowest BCUT2D eigenvalue weighted by Crippen LogP contribution is -2.16. The van der Waals surface area contributed by atoms with Gasteiger partial charge in [0.25, 0.3) is 0 Å². The number of nitrogens with zero attached hydrogens (tertiary/aromatic N) is 10. The third kappa shape index (κ3) is 30.5. The molecule has 9 rings (SSSR count). The fraction of sp³-hybridized carbons (Fsp3) is 0.645. The summed E-state index contributed by atoms with van der Waals surface area (Å²) in [4.78, 5) is 25.5. The van der Waals surface area contributed by atoms with Gasteiger partial charge in [0.1, 0.15) is 29.9 Å². The predicted octanol–water partition coefficient (Wildman–Crippen LogP) is 21.5. The number of aromatic nitrogens is 7. The molecule has 15 heteroatoms. The molecule has 14 nitrogen and oxygen atoms in total. The van der Waals surface area contributed by atoms with Gasteiger partial charge >= 0.3 is 0 Å². The topological polar surface area (TPSA) is 172 Å². The van der Waals surface area contributed by atoms with E-state index in [4.69, 9.17) is 17.9 Å². The summed E-state index contributed by atoms with van der Waals surface area (Å²) in [6.45, 7) is 78.3. The predicted molar refractivity (Wildman–Crippen MR) is 388 cm³/mol. The lowest BCUT2D eigenvalue weighted by molar-refractivity contribution is 0.327. The van der Waals surface area contributed by atoms with Crippen molar-refractivity contribution in [2.75, 3.05) is 13.1 Å². The summed E-state index contributed by atoms with van der Waals surface area (Å²) in [6, 6.07) is 1.97. The Labute approximate surface area is 557 Å². The zero-order valence-electron chi connectivity index (χ0n) is 64.3. The molecule has 0 bridgehead atoms. The van der Waals surface area contributed by atoms with E-state index in [1.165, 1.54) is 56.5 Å². The molecule has 0 radical (unpaired) electrons. The Hall–Kier alpha value is -6.09. The van der Waals surface area contributed by atoms with Crippen molar-refractivity contribution in [3.8, 4) is 0 Å². The Morgan fingerprint density at radius 1 is 0.527 bits per heavy atom. The zero-order chi connectivity index (χ0) is 70.9. The van der Waals surface area contributed by atoms with Gasteiger partial charge in [0.05, 0.1) is 42.1 Å². The van der Waals surface area contributed by atoms with Gasteiger partial charge in [-0.15, -0.1) is 0 Å². The SMILES string of the molecule is CC1=NC(C(C)(C)C)=CC1.CC1=NCC(C(C)(C)C)=C1.CC1=NCC=C1C(C)(C)C.Cc1cc(C(C)(C)C)on1.Cc1nc(C(C)(C)C)co1.Cc1ncc(C(C)(C)C)n1C.Cc1ncc(C(C)(C)C)o1.Cc1nocc1C(C)(C)C.Cc1nscc1C(C)(C)C. The Bertz CT molecular complexity index is 3170. The fourth-order valence-corrected chi connectivity index (χ4v) is 9.67. The highest BCUT2D eigenvalue weighted by Crippen LogP contribution is 2.32. The van der Waals surface area contributed by atoms with Crippen LogP contribution in [-0.4, -0.2) is 64.4 Å². The molecular weight excluding hydrogens is 1150 g/mol. The quantitative estimate of drug-likeness (QED) is 0.142. The number of imidazole rings is 1. The van der Waals surface area contributed by atoms with Gasteiger partial charge in [0.2, 0.25) is 0 Å². The van der Waals surface area contributed by atoms with E-state index in [-0.39, 0.29) is 43.3 Å². The highest BCUT2D eigenvalue weighted by Gasteiger charge is 2.25. The molecule has 6 aromatic rings. The van der Waals surface area contributed by atoms with Crippen LogP contribution in [-0.2, 0) is 39.5 Å². The molecule has 0 unspecified atom stereocenters. The molecule has 0 amide bonds. The molecule has 9 heterocycles. The number of aryl methyl sites for hydroxylation is 6. The summed E-state index contributed by atoms with van der Waals surface area (Å²) in [7, 11) is 2.06. The number of allylic oxidation sites excluding steroid dienone is 4. The molecule has 91 heavy (non-hydrogen) atoms. The average molecular weight is 1280 g/mol. The van der Waals surface area contributed by atoms with E-state index in [2.05, 4.69) is 294 Å². The van der Waals surface area contributed by atoms with E-state index in [0.29, 0.717) is 5.41 Å². The van der Waals surface area contributed by atoms with Crippen LogP contribution in [0.4, 0.5) is 0 Å². The summed E-state index contributed by atoms with van der Waals surface area (Å²) >= 11 is 1.54. The molecule has 0 N–H and O–H groups in total. The van der Waals surface area contributed by atoms with Crippen molar-refractivity contribution in [3.05, 3.63) is 140 Å². The van der Waals surface area contributed by atoms with Gasteiger partial charge in [-0.2, -0.15) is 4.37 Å². The van der Waals surface area contributed by atoms with Crippen LogP contribution in [0.1, 0.15) is 283 Å². The molecule has 510 valence electrons. The lowest BCUT2D eigenvalue weighted by Gasteiger charge is -2.20. The van der Waals surface area contributed by atoms with Gasteiger partial charge in [-0.25, -0.2) is 15.0 Å². The average Bonchev–Trinajstić information content (AvgIpc) is 1.93. The lowest BCUT2D eigenvalue weighted by atomic mass is 9.84. The van der Waals surface area contributed by atoms with Crippen LogP contribution in [0.25, 0.3) is 0 Å². The van der Waals surface area contributed by atoms with Gasteiger partial charge in [-0.05, 0) is 104 Å². The minimum Gasteiger partial charge on any atom is -0.449 e. The van der Waals surface area contributed by atoms with E-state index in [1.54, 1.807) is 30.3 Å². The van der Waals surface area contributed by atoms with Crippen LogP contribution in [0, 0.1) is 57.8 Å². The molecule has 0 fully saturated rings. The van der Waals surface area contributed by atoms with Crippen molar-refractivity contribution < 1.29 is 17.9 Å². The summed E-state index contributed by atoms with van der Waals surface area (Å²) in [5.41, 5.74) is 17.4. The van der Waals surface area contributed by atoms with Crippen LogP contribution in [0.5, 0.6) is 0 Å². The van der Waals surface area contributed by atoms with E-state index in [1.807, 2.05) is 46.9 Å². The van der Waals surface area contributed by atoms with Crippen LogP contribution in [0.2, 0.25) is 0 Å². The number of aliphatic imine (C=N–C) groups is 3. The third-order valence-corrected chi connectivity index (χ3v) is 15.3. The molecular formula is C76H126N10O4S. The molecule has 0 atom stereocenters. The smallest absolute Gasteiger partial charge is 0.191 e. The minimum absolute atomic E-state index is 0.0846. The summed E-state index contributed by atoms with van der Waals surface area (Å²) in [6.07, 6.45) is 14.9. The van der Waals surface area contributed by atoms with Gasteiger partial charge in [0.15, 0.2) is 11.8 Å². The highest BCUT2D eigenvalue weighted by molar-refractivity contribution is 7.03.